The van der Waals surface area contributed by atoms with Crippen LogP contribution in [0, 0.1) is 13.8 Å². The van der Waals surface area contributed by atoms with Crippen LogP contribution in [0.1, 0.15) is 54.1 Å². The second-order valence-corrected chi connectivity index (χ2v) is 6.79. The molecule has 0 saturated heterocycles. The molecule has 2 aromatic rings. The van der Waals surface area contributed by atoms with Gasteiger partial charge in [-0.2, -0.15) is 0 Å². The highest BCUT2D eigenvalue weighted by Crippen LogP contribution is 2.29. The maximum absolute atomic E-state index is 12.3. The van der Waals surface area contributed by atoms with Gasteiger partial charge in [-0.15, -0.1) is 0 Å². The average molecular weight is 404 g/mol. The van der Waals surface area contributed by atoms with Crippen molar-refractivity contribution in [3.05, 3.63) is 40.8 Å². The fourth-order valence-corrected chi connectivity index (χ4v) is 2.81. The number of carbonyl (C=O) groups excluding carboxylic acids is 2. The predicted octanol–water partition coefficient (Wildman–Crippen LogP) is 3.34. The van der Waals surface area contributed by atoms with E-state index in [0.29, 0.717) is 17.3 Å². The average Bonchev–Trinajstić information content (AvgIpc) is 3.02. The number of amides is 1. The second-order valence-electron chi connectivity index (χ2n) is 6.79. The van der Waals surface area contributed by atoms with Crippen molar-refractivity contribution in [3.63, 3.8) is 0 Å². The number of hydrogen-bond acceptors (Lipinski definition) is 7. The van der Waals surface area contributed by atoms with E-state index >= 15 is 0 Å². The van der Waals surface area contributed by atoms with Crippen molar-refractivity contribution in [3.8, 4) is 11.5 Å². The van der Waals surface area contributed by atoms with Crippen molar-refractivity contribution in [2.45, 2.75) is 53.2 Å². The van der Waals surface area contributed by atoms with E-state index in [4.69, 9.17) is 18.7 Å². The quantitative estimate of drug-likeness (QED) is 0.606. The minimum atomic E-state index is -0.612. The Morgan fingerprint density at radius 1 is 1.24 bits per heavy atom. The van der Waals surface area contributed by atoms with Crippen molar-refractivity contribution in [1.82, 2.24) is 10.5 Å². The summed E-state index contributed by atoms with van der Waals surface area (Å²) in [6.45, 7) is 7.53. The molecular formula is C21H28N2O6. The summed E-state index contributed by atoms with van der Waals surface area (Å²) < 4.78 is 21.3. The van der Waals surface area contributed by atoms with Crippen LogP contribution in [0.25, 0.3) is 0 Å². The fraction of sp³-hybridized carbons (Fsp3) is 0.476. The lowest BCUT2D eigenvalue weighted by Crippen LogP contribution is -2.35. The molecule has 2 rings (SSSR count). The molecule has 0 aliphatic heterocycles. The Morgan fingerprint density at radius 2 is 2.00 bits per heavy atom. The monoisotopic (exact) mass is 404 g/mol. The van der Waals surface area contributed by atoms with Crippen LogP contribution in [0.15, 0.2) is 22.7 Å². The van der Waals surface area contributed by atoms with Gasteiger partial charge in [-0.1, -0.05) is 18.5 Å². The van der Waals surface area contributed by atoms with Gasteiger partial charge >= 0.3 is 5.97 Å². The number of hydrogen-bond donors (Lipinski definition) is 1. The number of benzene rings is 1. The highest BCUT2D eigenvalue weighted by molar-refractivity contribution is 5.92. The molecule has 0 unspecified atom stereocenters. The summed E-state index contributed by atoms with van der Waals surface area (Å²) in [4.78, 5) is 24.1. The third-order valence-corrected chi connectivity index (χ3v) is 4.42. The molecule has 0 radical (unpaired) electrons. The Kier molecular flexibility index (Phi) is 8.06. The van der Waals surface area contributed by atoms with Gasteiger partial charge in [-0.05, 0) is 45.4 Å². The van der Waals surface area contributed by atoms with Crippen LogP contribution in [0.3, 0.4) is 0 Å². The molecule has 0 aliphatic carbocycles. The van der Waals surface area contributed by atoms with Crippen molar-refractivity contribution in [2.24, 2.45) is 0 Å². The maximum atomic E-state index is 12.3. The first-order valence-electron chi connectivity index (χ1n) is 9.54. The number of nitrogens with zero attached hydrogens (tertiary/aromatic N) is 1. The van der Waals surface area contributed by atoms with Crippen LogP contribution in [-0.2, 0) is 16.1 Å². The number of nitrogens with one attached hydrogen (secondary N) is 1. The molecule has 1 atom stereocenters. The number of methoxy groups -OCH3 is 1. The van der Waals surface area contributed by atoms with E-state index in [1.807, 2.05) is 27.7 Å². The molecule has 1 N–H and O–H groups in total. The lowest BCUT2D eigenvalue weighted by Gasteiger charge is -2.13. The summed E-state index contributed by atoms with van der Waals surface area (Å²) in [5, 5.41) is 6.68. The fourth-order valence-electron chi connectivity index (χ4n) is 2.81. The zero-order valence-electron chi connectivity index (χ0n) is 17.5. The highest BCUT2D eigenvalue weighted by Gasteiger charge is 2.16. The largest absolute Gasteiger partial charge is 0.493 e. The van der Waals surface area contributed by atoms with E-state index in [2.05, 4.69) is 10.5 Å². The Bertz CT molecular complexity index is 826. The van der Waals surface area contributed by atoms with Crippen LogP contribution in [0.4, 0.5) is 0 Å². The van der Waals surface area contributed by atoms with Crippen molar-refractivity contribution < 1.29 is 28.3 Å². The molecule has 1 aromatic heterocycles. The summed E-state index contributed by atoms with van der Waals surface area (Å²) in [5.74, 6) is 0.597. The Morgan fingerprint density at radius 3 is 2.62 bits per heavy atom. The van der Waals surface area contributed by atoms with E-state index in [1.54, 1.807) is 12.1 Å². The first kappa shape index (κ1) is 22.3. The molecule has 0 bridgehead atoms. The molecule has 1 heterocycles. The molecule has 0 saturated carbocycles. The number of ether oxygens (including phenoxy) is 3. The summed E-state index contributed by atoms with van der Waals surface area (Å²) in [6.07, 6.45) is 1.83. The highest BCUT2D eigenvalue weighted by atomic mass is 16.5. The third kappa shape index (κ3) is 6.23. The molecule has 0 spiro atoms. The minimum absolute atomic E-state index is 0.0421. The number of esters is 1. The van der Waals surface area contributed by atoms with Gasteiger partial charge in [0.1, 0.15) is 12.4 Å². The number of aryl methyl sites for hydroxylation is 2. The van der Waals surface area contributed by atoms with Gasteiger partial charge in [-0.3, -0.25) is 4.79 Å². The maximum Gasteiger partial charge on any atom is 0.338 e. The van der Waals surface area contributed by atoms with Crippen LogP contribution in [0.5, 0.6) is 11.5 Å². The molecular weight excluding hydrogens is 376 g/mol. The third-order valence-electron chi connectivity index (χ3n) is 4.42. The predicted molar refractivity (Wildman–Crippen MR) is 106 cm³/mol. The number of carbonyl (C=O) groups is 2. The van der Waals surface area contributed by atoms with Crippen molar-refractivity contribution in [1.29, 1.82) is 0 Å². The van der Waals surface area contributed by atoms with E-state index in [9.17, 15) is 9.59 Å². The lowest BCUT2D eigenvalue weighted by molar-refractivity contribution is -0.124. The molecule has 0 aliphatic rings. The van der Waals surface area contributed by atoms with E-state index in [0.717, 1.165) is 24.1 Å². The van der Waals surface area contributed by atoms with Gasteiger partial charge in [0, 0.05) is 6.04 Å². The van der Waals surface area contributed by atoms with E-state index in [1.165, 1.54) is 13.2 Å². The number of rotatable bonds is 10. The SMILES string of the molecule is CCC[C@H](C)NC(=O)COC(=O)c1ccc(OCc2c(C)noc2C)c(OC)c1. The Balaban J connectivity index is 1.96. The lowest BCUT2D eigenvalue weighted by atomic mass is 10.2. The standard InChI is InChI=1S/C21H28N2O6/c1-6-7-13(2)22-20(24)12-28-21(25)16-8-9-18(19(10-16)26-5)27-11-17-14(3)23-29-15(17)4/h8-10,13H,6-7,11-12H2,1-5H3,(H,22,24)/t13-/m0/s1. The minimum Gasteiger partial charge on any atom is -0.493 e. The van der Waals surface area contributed by atoms with Gasteiger partial charge in [0.05, 0.1) is 23.9 Å². The van der Waals surface area contributed by atoms with Gasteiger partial charge in [0.25, 0.3) is 5.91 Å². The van der Waals surface area contributed by atoms with Crippen LogP contribution in [-0.4, -0.2) is 36.8 Å². The summed E-state index contributed by atoms with van der Waals surface area (Å²) >= 11 is 0. The summed E-state index contributed by atoms with van der Waals surface area (Å²) in [6, 6.07) is 4.74. The van der Waals surface area contributed by atoms with Gasteiger partial charge < -0.3 is 24.1 Å². The topological polar surface area (TPSA) is 99.9 Å². The normalized spacial score (nSPS) is 11.6. The molecule has 8 heteroatoms. The molecule has 8 nitrogen and oxygen atoms in total. The number of aromatic nitrogens is 1. The zero-order chi connectivity index (χ0) is 21.4. The Hall–Kier alpha value is -3.03. The Labute approximate surface area is 170 Å². The molecule has 1 amide bonds. The van der Waals surface area contributed by atoms with Crippen molar-refractivity contribution >= 4 is 11.9 Å². The van der Waals surface area contributed by atoms with Crippen LogP contribution in [0.2, 0.25) is 0 Å². The first-order chi connectivity index (χ1) is 13.8. The summed E-state index contributed by atoms with van der Waals surface area (Å²) in [5.41, 5.74) is 1.88. The van der Waals surface area contributed by atoms with Gasteiger partial charge in [0.15, 0.2) is 18.1 Å². The van der Waals surface area contributed by atoms with Crippen LogP contribution >= 0.6 is 0 Å². The van der Waals surface area contributed by atoms with E-state index < -0.39 is 5.97 Å². The first-order valence-corrected chi connectivity index (χ1v) is 9.54. The van der Waals surface area contributed by atoms with E-state index in [-0.39, 0.29) is 30.7 Å². The molecule has 0 fully saturated rings. The zero-order valence-corrected chi connectivity index (χ0v) is 17.5. The second kappa shape index (κ2) is 10.5. The summed E-state index contributed by atoms with van der Waals surface area (Å²) in [7, 11) is 1.48. The van der Waals surface area contributed by atoms with Gasteiger partial charge in [-0.25, -0.2) is 4.79 Å². The molecule has 1 aromatic carbocycles. The molecule has 158 valence electrons. The smallest absolute Gasteiger partial charge is 0.338 e. The molecule has 29 heavy (non-hydrogen) atoms. The van der Waals surface area contributed by atoms with Crippen LogP contribution < -0.4 is 14.8 Å². The van der Waals surface area contributed by atoms with Gasteiger partial charge in [0.2, 0.25) is 0 Å². The van der Waals surface area contributed by atoms with Crippen molar-refractivity contribution in [2.75, 3.05) is 13.7 Å².